The third-order valence-electron chi connectivity index (χ3n) is 6.00. The molecule has 2 aromatic rings. The first-order valence-electron chi connectivity index (χ1n) is 10.4. The van der Waals surface area contributed by atoms with Gasteiger partial charge in [0.05, 0.1) is 16.6 Å². The molecule has 1 fully saturated rings. The molecule has 7 heteroatoms. The Labute approximate surface area is 169 Å². The molecule has 0 unspecified atom stereocenters. The molecule has 4 nitrogen and oxygen atoms in total. The molecular formula is C22H29F3N2O2. The average molecular weight is 410 g/mol. The Morgan fingerprint density at radius 1 is 1.31 bits per heavy atom. The quantitative estimate of drug-likeness (QED) is 0.601. The Balaban J connectivity index is 1.82. The minimum Gasteiger partial charge on any atom is -0.461 e. The highest BCUT2D eigenvalue weighted by Gasteiger charge is 2.34. The molecule has 1 aliphatic rings. The van der Waals surface area contributed by atoms with Crippen LogP contribution in [0.4, 0.5) is 13.2 Å². The van der Waals surface area contributed by atoms with Crippen LogP contribution in [0.1, 0.15) is 58.3 Å². The van der Waals surface area contributed by atoms with Gasteiger partial charge in [-0.25, -0.2) is 4.98 Å². The molecule has 160 valence electrons. The number of hydrogen-bond donors (Lipinski definition) is 0. The maximum Gasteiger partial charge on any atom is 0.416 e. The van der Waals surface area contributed by atoms with Gasteiger partial charge in [-0.2, -0.15) is 13.2 Å². The molecule has 3 rings (SSSR count). The number of imidazole rings is 1. The normalized spacial score (nSPS) is 23.0. The molecule has 0 radical (unpaired) electrons. The zero-order valence-electron chi connectivity index (χ0n) is 17.4. The standard InChI is InChI=1S/C22H29F3N2O2/c1-5-20-26-17-11-15(22(23,24)25)7-9-18(17)27(20)12-21(28)29-19-10-14(4)6-8-16(19)13(2)3/h7,9,11,13-14,16,19H,5-6,8,10,12H2,1-4H3/t14-,16+,19-/m1/s1. The minimum absolute atomic E-state index is 0.0409. The lowest BCUT2D eigenvalue weighted by molar-refractivity contribution is -0.156. The maximum atomic E-state index is 13.0. The second-order valence-corrected chi connectivity index (χ2v) is 8.52. The van der Waals surface area contributed by atoms with Crippen molar-refractivity contribution in [1.82, 2.24) is 9.55 Å². The zero-order chi connectivity index (χ0) is 21.3. The van der Waals surface area contributed by atoms with Gasteiger partial charge in [-0.1, -0.05) is 34.1 Å². The second-order valence-electron chi connectivity index (χ2n) is 8.52. The number of ether oxygens (including phenoxy) is 1. The third kappa shape index (κ3) is 4.75. The third-order valence-corrected chi connectivity index (χ3v) is 6.00. The van der Waals surface area contributed by atoms with Crippen LogP contribution in [0.5, 0.6) is 0 Å². The molecule has 0 spiro atoms. The van der Waals surface area contributed by atoms with Gasteiger partial charge in [0.15, 0.2) is 0 Å². The number of benzene rings is 1. The molecular weight excluding hydrogens is 381 g/mol. The monoisotopic (exact) mass is 410 g/mol. The van der Waals surface area contributed by atoms with Gasteiger partial charge in [0.25, 0.3) is 0 Å². The number of halogens is 3. The fraction of sp³-hybridized carbons (Fsp3) is 0.636. The highest BCUT2D eigenvalue weighted by atomic mass is 19.4. The topological polar surface area (TPSA) is 44.1 Å². The van der Waals surface area contributed by atoms with Crippen molar-refractivity contribution < 1.29 is 22.7 Å². The number of carbonyl (C=O) groups is 1. The first-order chi connectivity index (χ1) is 13.6. The van der Waals surface area contributed by atoms with E-state index in [2.05, 4.69) is 25.8 Å². The van der Waals surface area contributed by atoms with Crippen molar-refractivity contribution in [3.63, 3.8) is 0 Å². The summed E-state index contributed by atoms with van der Waals surface area (Å²) in [6.07, 6.45) is -0.974. The van der Waals surface area contributed by atoms with E-state index < -0.39 is 11.7 Å². The SMILES string of the molecule is CCc1nc2cc(C(F)(F)F)ccc2n1CC(=O)O[C@@H]1C[C@H](C)CC[C@H]1C(C)C. The number of alkyl halides is 3. The number of hydrogen-bond acceptors (Lipinski definition) is 3. The van der Waals surface area contributed by atoms with Gasteiger partial charge < -0.3 is 9.30 Å². The molecule has 0 bridgehead atoms. The summed E-state index contributed by atoms with van der Waals surface area (Å²) in [5.41, 5.74) is 0.0240. The molecule has 1 aliphatic carbocycles. The van der Waals surface area contributed by atoms with Crippen molar-refractivity contribution in [3.8, 4) is 0 Å². The van der Waals surface area contributed by atoms with Crippen LogP contribution in [0.3, 0.4) is 0 Å². The van der Waals surface area contributed by atoms with Crippen LogP contribution < -0.4 is 0 Å². The van der Waals surface area contributed by atoms with E-state index in [-0.39, 0.29) is 24.1 Å². The van der Waals surface area contributed by atoms with E-state index in [1.54, 1.807) is 4.57 Å². The van der Waals surface area contributed by atoms with E-state index in [9.17, 15) is 18.0 Å². The number of nitrogens with zero attached hydrogens (tertiary/aromatic N) is 2. The smallest absolute Gasteiger partial charge is 0.416 e. The van der Waals surface area contributed by atoms with Crippen LogP contribution in [0.2, 0.25) is 0 Å². The van der Waals surface area contributed by atoms with Crippen LogP contribution in [0.25, 0.3) is 11.0 Å². The van der Waals surface area contributed by atoms with Crippen LogP contribution in [0, 0.1) is 17.8 Å². The summed E-state index contributed by atoms with van der Waals surface area (Å²) in [4.78, 5) is 17.1. The van der Waals surface area contributed by atoms with Gasteiger partial charge in [-0.15, -0.1) is 0 Å². The molecule has 1 saturated carbocycles. The Hall–Kier alpha value is -2.05. The lowest BCUT2D eigenvalue weighted by atomic mass is 9.75. The van der Waals surface area contributed by atoms with Crippen LogP contribution >= 0.6 is 0 Å². The number of aromatic nitrogens is 2. The van der Waals surface area contributed by atoms with Gasteiger partial charge in [-0.05, 0) is 48.8 Å². The van der Waals surface area contributed by atoms with E-state index in [1.165, 1.54) is 6.07 Å². The van der Waals surface area contributed by atoms with Gasteiger partial charge in [0.2, 0.25) is 0 Å². The number of rotatable bonds is 5. The van der Waals surface area contributed by atoms with Crippen molar-refractivity contribution in [2.75, 3.05) is 0 Å². The first kappa shape index (κ1) is 21.7. The van der Waals surface area contributed by atoms with E-state index in [1.807, 2.05) is 6.92 Å². The Morgan fingerprint density at radius 3 is 2.66 bits per heavy atom. The second kappa shape index (κ2) is 8.36. The summed E-state index contributed by atoms with van der Waals surface area (Å²) >= 11 is 0. The van der Waals surface area contributed by atoms with Crippen molar-refractivity contribution in [3.05, 3.63) is 29.6 Å². The van der Waals surface area contributed by atoms with E-state index >= 15 is 0 Å². The summed E-state index contributed by atoms with van der Waals surface area (Å²) in [6.45, 7) is 8.30. The predicted octanol–water partition coefficient (Wildman–Crippen LogP) is 5.62. The van der Waals surface area contributed by atoms with Crippen LogP contribution in [-0.4, -0.2) is 21.6 Å². The summed E-state index contributed by atoms with van der Waals surface area (Å²) in [5.74, 6) is 1.51. The van der Waals surface area contributed by atoms with Gasteiger partial charge in [0.1, 0.15) is 18.5 Å². The molecule has 0 N–H and O–H groups in total. The highest BCUT2D eigenvalue weighted by molar-refractivity contribution is 5.79. The number of esters is 1. The van der Waals surface area contributed by atoms with Crippen molar-refractivity contribution >= 4 is 17.0 Å². The van der Waals surface area contributed by atoms with E-state index in [0.717, 1.165) is 31.4 Å². The number of fused-ring (bicyclic) bond motifs is 1. The van der Waals surface area contributed by atoms with Crippen LogP contribution in [-0.2, 0) is 28.7 Å². The lowest BCUT2D eigenvalue weighted by Crippen LogP contribution is -2.36. The molecule has 29 heavy (non-hydrogen) atoms. The lowest BCUT2D eigenvalue weighted by Gasteiger charge is -2.36. The molecule has 1 aromatic heterocycles. The summed E-state index contributed by atoms with van der Waals surface area (Å²) in [5, 5.41) is 0. The largest absolute Gasteiger partial charge is 0.461 e. The zero-order valence-corrected chi connectivity index (χ0v) is 17.4. The molecule has 1 heterocycles. The molecule has 1 aromatic carbocycles. The Kier molecular flexibility index (Phi) is 6.24. The highest BCUT2D eigenvalue weighted by Crippen LogP contribution is 2.36. The summed E-state index contributed by atoms with van der Waals surface area (Å²) < 4.78 is 46.5. The predicted molar refractivity (Wildman–Crippen MR) is 105 cm³/mol. The molecule has 0 aliphatic heterocycles. The van der Waals surface area contributed by atoms with Crippen LogP contribution in [0.15, 0.2) is 18.2 Å². The fourth-order valence-corrected chi connectivity index (χ4v) is 4.39. The molecule has 0 saturated heterocycles. The fourth-order valence-electron chi connectivity index (χ4n) is 4.39. The summed E-state index contributed by atoms with van der Waals surface area (Å²) in [6, 6.07) is 3.45. The van der Waals surface area contributed by atoms with E-state index in [0.29, 0.717) is 35.5 Å². The first-order valence-corrected chi connectivity index (χ1v) is 10.4. The van der Waals surface area contributed by atoms with Crippen molar-refractivity contribution in [2.24, 2.45) is 17.8 Å². The van der Waals surface area contributed by atoms with Gasteiger partial charge >= 0.3 is 12.1 Å². The Morgan fingerprint density at radius 2 is 2.03 bits per heavy atom. The number of carbonyl (C=O) groups excluding carboxylic acids is 1. The number of aryl methyl sites for hydroxylation is 1. The molecule has 0 amide bonds. The van der Waals surface area contributed by atoms with Gasteiger partial charge in [0, 0.05) is 6.42 Å². The molecule has 3 atom stereocenters. The minimum atomic E-state index is -4.42. The van der Waals surface area contributed by atoms with E-state index in [4.69, 9.17) is 4.74 Å². The maximum absolute atomic E-state index is 13.0. The summed E-state index contributed by atoms with van der Waals surface area (Å²) in [7, 11) is 0. The average Bonchev–Trinajstić information content (AvgIpc) is 2.97. The van der Waals surface area contributed by atoms with Crippen molar-refractivity contribution in [2.45, 2.75) is 72.2 Å². The van der Waals surface area contributed by atoms with Crippen molar-refractivity contribution in [1.29, 1.82) is 0 Å². The van der Waals surface area contributed by atoms with Gasteiger partial charge in [-0.3, -0.25) is 4.79 Å². The Bertz CT molecular complexity index is 873.